The predicted octanol–water partition coefficient (Wildman–Crippen LogP) is 0.0557. The molecular formula is C14H25N3O4. The molecule has 2 rings (SSSR count). The Kier molecular flexibility index (Phi) is 6.25. The number of amides is 2. The largest absolute Gasteiger partial charge is 0.450 e. The fourth-order valence-electron chi connectivity index (χ4n) is 2.64. The summed E-state index contributed by atoms with van der Waals surface area (Å²) in [6.07, 6.45) is 1.48. The SMILES string of the molecule is CCOC(=O)N1CCC(NCC(=O)N2CCOCC2)CC1. The number of morpholine rings is 1. The standard InChI is InChI=1S/C14H25N3O4/c1-2-21-14(19)17-5-3-12(4-6-17)15-11-13(18)16-7-9-20-10-8-16/h12,15H,2-11H2,1H3. The molecule has 0 unspecified atom stereocenters. The van der Waals surface area contributed by atoms with Gasteiger partial charge in [0.1, 0.15) is 0 Å². The Morgan fingerprint density at radius 1 is 1.14 bits per heavy atom. The van der Waals surface area contributed by atoms with Gasteiger partial charge in [-0.1, -0.05) is 0 Å². The first kappa shape index (κ1) is 16.0. The number of nitrogens with zero attached hydrogens (tertiary/aromatic N) is 2. The van der Waals surface area contributed by atoms with Crippen molar-refractivity contribution in [2.24, 2.45) is 0 Å². The number of piperidine rings is 1. The topological polar surface area (TPSA) is 71.1 Å². The molecule has 0 radical (unpaired) electrons. The van der Waals surface area contributed by atoms with Gasteiger partial charge < -0.3 is 24.6 Å². The smallest absolute Gasteiger partial charge is 0.409 e. The van der Waals surface area contributed by atoms with Crippen molar-refractivity contribution in [3.8, 4) is 0 Å². The van der Waals surface area contributed by atoms with Crippen molar-refractivity contribution in [2.75, 3.05) is 52.5 Å². The van der Waals surface area contributed by atoms with Crippen molar-refractivity contribution in [3.63, 3.8) is 0 Å². The van der Waals surface area contributed by atoms with Crippen molar-refractivity contribution >= 4 is 12.0 Å². The quantitative estimate of drug-likeness (QED) is 0.794. The van der Waals surface area contributed by atoms with Gasteiger partial charge in [-0.15, -0.1) is 0 Å². The van der Waals surface area contributed by atoms with Crippen LogP contribution in [0, 0.1) is 0 Å². The highest BCUT2D eigenvalue weighted by Crippen LogP contribution is 2.11. The molecule has 21 heavy (non-hydrogen) atoms. The van der Waals surface area contributed by atoms with Crippen molar-refractivity contribution < 1.29 is 19.1 Å². The minimum Gasteiger partial charge on any atom is -0.450 e. The Labute approximate surface area is 125 Å². The van der Waals surface area contributed by atoms with E-state index in [4.69, 9.17) is 9.47 Å². The van der Waals surface area contributed by atoms with Gasteiger partial charge in [0.2, 0.25) is 5.91 Å². The van der Waals surface area contributed by atoms with E-state index in [-0.39, 0.29) is 12.0 Å². The summed E-state index contributed by atoms with van der Waals surface area (Å²) in [6, 6.07) is 0.292. The van der Waals surface area contributed by atoms with Gasteiger partial charge in [0.05, 0.1) is 26.4 Å². The van der Waals surface area contributed by atoms with Crippen molar-refractivity contribution in [2.45, 2.75) is 25.8 Å². The monoisotopic (exact) mass is 299 g/mol. The van der Waals surface area contributed by atoms with E-state index in [0.717, 1.165) is 12.8 Å². The van der Waals surface area contributed by atoms with Crippen LogP contribution in [-0.4, -0.2) is 80.4 Å². The molecule has 0 spiro atoms. The van der Waals surface area contributed by atoms with Gasteiger partial charge in [-0.3, -0.25) is 4.79 Å². The second-order valence-corrected chi connectivity index (χ2v) is 5.33. The normalized spacial score (nSPS) is 20.4. The molecule has 7 heteroatoms. The van der Waals surface area contributed by atoms with Crippen LogP contribution in [0.15, 0.2) is 0 Å². The van der Waals surface area contributed by atoms with Gasteiger partial charge in [0.15, 0.2) is 0 Å². The number of ether oxygens (including phenoxy) is 2. The molecular weight excluding hydrogens is 274 g/mol. The minimum absolute atomic E-state index is 0.131. The molecule has 0 aromatic heterocycles. The van der Waals surface area contributed by atoms with Crippen LogP contribution in [0.4, 0.5) is 4.79 Å². The van der Waals surface area contributed by atoms with E-state index in [1.807, 2.05) is 11.8 Å². The lowest BCUT2D eigenvalue weighted by Crippen LogP contribution is -2.49. The van der Waals surface area contributed by atoms with Crippen molar-refractivity contribution in [1.82, 2.24) is 15.1 Å². The highest BCUT2D eigenvalue weighted by atomic mass is 16.6. The molecule has 2 aliphatic rings. The summed E-state index contributed by atoms with van der Waals surface area (Å²) in [4.78, 5) is 27.2. The molecule has 0 atom stereocenters. The van der Waals surface area contributed by atoms with Crippen LogP contribution in [0.25, 0.3) is 0 Å². The molecule has 0 aromatic rings. The first-order valence-corrected chi connectivity index (χ1v) is 7.71. The van der Waals surface area contributed by atoms with Crippen LogP contribution in [0.3, 0.4) is 0 Å². The molecule has 7 nitrogen and oxygen atoms in total. The third kappa shape index (κ3) is 4.86. The third-order valence-electron chi connectivity index (χ3n) is 3.93. The van der Waals surface area contributed by atoms with Crippen LogP contribution in [0.1, 0.15) is 19.8 Å². The molecule has 120 valence electrons. The zero-order chi connectivity index (χ0) is 15.1. The average Bonchev–Trinajstić information content (AvgIpc) is 2.54. The van der Waals surface area contributed by atoms with Crippen molar-refractivity contribution in [3.05, 3.63) is 0 Å². The zero-order valence-electron chi connectivity index (χ0n) is 12.7. The van der Waals surface area contributed by atoms with Crippen LogP contribution in [-0.2, 0) is 14.3 Å². The lowest BCUT2D eigenvalue weighted by atomic mass is 10.1. The average molecular weight is 299 g/mol. The zero-order valence-corrected chi connectivity index (χ0v) is 12.7. The predicted molar refractivity (Wildman–Crippen MR) is 77.0 cm³/mol. The number of hydrogen-bond acceptors (Lipinski definition) is 5. The summed E-state index contributed by atoms with van der Waals surface area (Å²) in [5.41, 5.74) is 0. The van der Waals surface area contributed by atoms with E-state index in [2.05, 4.69) is 5.32 Å². The Morgan fingerprint density at radius 3 is 2.43 bits per heavy atom. The van der Waals surface area contributed by atoms with Crippen LogP contribution >= 0.6 is 0 Å². The molecule has 0 bridgehead atoms. The Balaban J connectivity index is 1.64. The van der Waals surface area contributed by atoms with Gasteiger partial charge in [0, 0.05) is 32.2 Å². The molecule has 0 aliphatic carbocycles. The van der Waals surface area contributed by atoms with Crippen LogP contribution in [0.5, 0.6) is 0 Å². The van der Waals surface area contributed by atoms with E-state index >= 15 is 0 Å². The number of hydrogen-bond donors (Lipinski definition) is 1. The first-order valence-electron chi connectivity index (χ1n) is 7.71. The Morgan fingerprint density at radius 2 is 1.81 bits per heavy atom. The summed E-state index contributed by atoms with van der Waals surface area (Å²) in [5, 5.41) is 3.30. The minimum atomic E-state index is -0.236. The first-order chi connectivity index (χ1) is 10.2. The van der Waals surface area contributed by atoms with Crippen molar-refractivity contribution in [1.29, 1.82) is 0 Å². The second kappa shape index (κ2) is 8.19. The lowest BCUT2D eigenvalue weighted by Gasteiger charge is -2.32. The number of nitrogens with one attached hydrogen (secondary N) is 1. The number of carbonyl (C=O) groups is 2. The summed E-state index contributed by atoms with van der Waals surface area (Å²) >= 11 is 0. The van der Waals surface area contributed by atoms with Gasteiger partial charge in [-0.05, 0) is 19.8 Å². The highest BCUT2D eigenvalue weighted by molar-refractivity contribution is 5.78. The van der Waals surface area contributed by atoms with E-state index in [0.29, 0.717) is 58.6 Å². The van der Waals surface area contributed by atoms with Gasteiger partial charge in [0.25, 0.3) is 0 Å². The summed E-state index contributed by atoms with van der Waals surface area (Å²) < 4.78 is 10.2. The highest BCUT2D eigenvalue weighted by Gasteiger charge is 2.24. The lowest BCUT2D eigenvalue weighted by molar-refractivity contribution is -0.134. The molecule has 2 heterocycles. The molecule has 1 N–H and O–H groups in total. The molecule has 2 fully saturated rings. The van der Waals surface area contributed by atoms with E-state index in [9.17, 15) is 9.59 Å². The second-order valence-electron chi connectivity index (χ2n) is 5.33. The van der Waals surface area contributed by atoms with Crippen LogP contribution in [0.2, 0.25) is 0 Å². The van der Waals surface area contributed by atoms with E-state index < -0.39 is 0 Å². The molecule has 2 saturated heterocycles. The van der Waals surface area contributed by atoms with Crippen LogP contribution < -0.4 is 5.32 Å². The molecule has 0 aromatic carbocycles. The fraction of sp³-hybridized carbons (Fsp3) is 0.857. The maximum Gasteiger partial charge on any atom is 0.409 e. The van der Waals surface area contributed by atoms with E-state index in [1.165, 1.54) is 0 Å². The maximum absolute atomic E-state index is 12.0. The van der Waals surface area contributed by atoms with Gasteiger partial charge >= 0.3 is 6.09 Å². The Bertz CT molecular complexity index is 350. The third-order valence-corrected chi connectivity index (χ3v) is 3.93. The maximum atomic E-state index is 12.0. The number of rotatable bonds is 4. The van der Waals surface area contributed by atoms with Gasteiger partial charge in [-0.25, -0.2) is 4.79 Å². The van der Waals surface area contributed by atoms with Gasteiger partial charge in [-0.2, -0.15) is 0 Å². The summed E-state index contributed by atoms with van der Waals surface area (Å²) in [6.45, 7) is 6.57. The summed E-state index contributed by atoms with van der Waals surface area (Å²) in [5.74, 6) is 0.131. The van der Waals surface area contributed by atoms with E-state index in [1.54, 1.807) is 4.90 Å². The summed E-state index contributed by atoms with van der Waals surface area (Å²) in [7, 11) is 0. The Hall–Kier alpha value is -1.34. The fourth-order valence-corrected chi connectivity index (χ4v) is 2.64. The molecule has 2 aliphatic heterocycles. The number of carbonyl (C=O) groups excluding carboxylic acids is 2. The molecule has 0 saturated carbocycles. The molecule has 2 amide bonds. The number of likely N-dealkylation sites (tertiary alicyclic amines) is 1.